The van der Waals surface area contributed by atoms with Gasteiger partial charge in [-0.15, -0.1) is 0 Å². The fraction of sp³-hybridized carbons (Fsp3) is 0.115. The number of pyridine rings is 2. The fourth-order valence-corrected chi connectivity index (χ4v) is 3.39. The summed E-state index contributed by atoms with van der Waals surface area (Å²) < 4.78 is 40.6. The second-order valence-corrected chi connectivity index (χ2v) is 7.57. The molecular formula is C26H21F3N4O. The number of hydrogen-bond donors (Lipinski definition) is 2. The Morgan fingerprint density at radius 3 is 2.50 bits per heavy atom. The molecule has 2 aromatic carbocycles. The number of amides is 1. The minimum absolute atomic E-state index is 0.278. The lowest BCUT2D eigenvalue weighted by Crippen LogP contribution is -2.24. The van der Waals surface area contributed by atoms with Crippen LogP contribution in [0.25, 0.3) is 11.3 Å². The highest BCUT2D eigenvalue weighted by molar-refractivity contribution is 5.99. The minimum atomic E-state index is -0.988. The first kappa shape index (κ1) is 23.0. The molecule has 2 aromatic heterocycles. The molecule has 4 rings (SSSR count). The molecule has 0 saturated heterocycles. The zero-order valence-corrected chi connectivity index (χ0v) is 18.1. The lowest BCUT2D eigenvalue weighted by Gasteiger charge is -2.14. The predicted molar refractivity (Wildman–Crippen MR) is 124 cm³/mol. The van der Waals surface area contributed by atoms with E-state index in [4.69, 9.17) is 0 Å². The lowest BCUT2D eigenvalue weighted by molar-refractivity contribution is 0.0951. The molecule has 0 aliphatic heterocycles. The Bertz CT molecular complexity index is 1300. The maximum atomic E-state index is 13.7. The first-order valence-corrected chi connectivity index (χ1v) is 10.6. The van der Waals surface area contributed by atoms with E-state index in [9.17, 15) is 18.0 Å². The van der Waals surface area contributed by atoms with Crippen molar-refractivity contribution in [3.05, 3.63) is 113 Å². The van der Waals surface area contributed by atoms with Gasteiger partial charge in [-0.25, -0.2) is 18.2 Å². The van der Waals surface area contributed by atoms with E-state index < -0.39 is 11.6 Å². The number of nitrogens with zero attached hydrogens (tertiary/aromatic N) is 2. The highest BCUT2D eigenvalue weighted by Gasteiger charge is 2.15. The van der Waals surface area contributed by atoms with Crippen molar-refractivity contribution < 1.29 is 18.0 Å². The highest BCUT2D eigenvalue weighted by Crippen LogP contribution is 2.24. The van der Waals surface area contributed by atoms with Gasteiger partial charge in [-0.05, 0) is 66.1 Å². The minimum Gasteiger partial charge on any atom is -0.369 e. The van der Waals surface area contributed by atoms with E-state index in [1.165, 1.54) is 18.2 Å². The van der Waals surface area contributed by atoms with E-state index in [1.54, 1.807) is 42.7 Å². The van der Waals surface area contributed by atoms with Crippen LogP contribution in [0.3, 0.4) is 0 Å². The Kier molecular flexibility index (Phi) is 7.17. The Hall–Kier alpha value is -4.20. The van der Waals surface area contributed by atoms with Crippen LogP contribution in [0.15, 0.2) is 79.1 Å². The molecule has 8 heteroatoms. The molecule has 2 heterocycles. The van der Waals surface area contributed by atoms with Gasteiger partial charge in [-0.2, -0.15) is 0 Å². The number of hydrogen-bond acceptors (Lipinski definition) is 4. The molecule has 0 unspecified atom stereocenters. The van der Waals surface area contributed by atoms with Gasteiger partial charge < -0.3 is 10.6 Å². The molecule has 4 aromatic rings. The van der Waals surface area contributed by atoms with Crippen molar-refractivity contribution in [2.45, 2.75) is 13.0 Å². The maximum absolute atomic E-state index is 13.7. The molecule has 0 bridgehead atoms. The number of carbonyl (C=O) groups excluding carboxylic acids is 1. The summed E-state index contributed by atoms with van der Waals surface area (Å²) in [6, 6.07) is 16.5. The average molecular weight is 462 g/mol. The Balaban J connectivity index is 1.56. The van der Waals surface area contributed by atoms with Gasteiger partial charge >= 0.3 is 0 Å². The summed E-state index contributed by atoms with van der Waals surface area (Å²) in [6.45, 7) is 0.654. The van der Waals surface area contributed by atoms with E-state index in [-0.39, 0.29) is 29.7 Å². The van der Waals surface area contributed by atoms with Gasteiger partial charge in [0.15, 0.2) is 11.6 Å². The molecule has 0 saturated carbocycles. The van der Waals surface area contributed by atoms with Crippen LogP contribution in [0.5, 0.6) is 0 Å². The van der Waals surface area contributed by atoms with Crippen LogP contribution in [0.1, 0.15) is 21.5 Å². The predicted octanol–water partition coefficient (Wildman–Crippen LogP) is 5.15. The third-order valence-corrected chi connectivity index (χ3v) is 5.13. The van der Waals surface area contributed by atoms with E-state index >= 15 is 0 Å². The number of carbonyl (C=O) groups is 1. The van der Waals surface area contributed by atoms with Crippen molar-refractivity contribution in [3.8, 4) is 11.3 Å². The van der Waals surface area contributed by atoms with E-state index in [1.807, 2.05) is 6.07 Å². The highest BCUT2D eigenvalue weighted by atomic mass is 19.2. The molecule has 0 aliphatic carbocycles. The van der Waals surface area contributed by atoms with Crippen LogP contribution in [0, 0.1) is 17.5 Å². The Morgan fingerprint density at radius 2 is 1.74 bits per heavy atom. The van der Waals surface area contributed by atoms with E-state index in [0.29, 0.717) is 24.2 Å². The van der Waals surface area contributed by atoms with E-state index in [0.717, 1.165) is 23.3 Å². The van der Waals surface area contributed by atoms with Crippen molar-refractivity contribution in [3.63, 3.8) is 0 Å². The SMILES string of the molecule is O=C(NCc1cccnc1)c1ccc(-c2ccc(F)c(F)c2)nc1NCCc1cccc(F)c1. The van der Waals surface area contributed by atoms with Gasteiger partial charge in [-0.3, -0.25) is 9.78 Å². The monoisotopic (exact) mass is 462 g/mol. The van der Waals surface area contributed by atoms with Gasteiger partial charge in [0.2, 0.25) is 0 Å². The number of nitrogens with one attached hydrogen (secondary N) is 2. The number of aromatic nitrogens is 2. The summed E-state index contributed by atoms with van der Waals surface area (Å²) >= 11 is 0. The molecular weight excluding hydrogens is 441 g/mol. The number of anilines is 1. The number of rotatable bonds is 8. The van der Waals surface area contributed by atoms with Gasteiger partial charge in [0.25, 0.3) is 5.91 Å². The standard InChI is InChI=1S/C26H21F3N4O/c27-20-5-1-3-17(13-20)10-12-31-25-21(26(34)32-16-18-4-2-11-30-15-18)7-9-24(33-25)19-6-8-22(28)23(29)14-19/h1-9,11,13-15H,10,12,16H2,(H,31,33)(H,32,34). The van der Waals surface area contributed by atoms with Crippen LogP contribution in [-0.4, -0.2) is 22.4 Å². The fourth-order valence-electron chi connectivity index (χ4n) is 3.39. The second kappa shape index (κ2) is 10.6. The Labute approximate surface area is 194 Å². The lowest BCUT2D eigenvalue weighted by atomic mass is 10.1. The van der Waals surface area contributed by atoms with Crippen LogP contribution in [-0.2, 0) is 13.0 Å². The van der Waals surface area contributed by atoms with E-state index in [2.05, 4.69) is 20.6 Å². The van der Waals surface area contributed by atoms with Crippen molar-refractivity contribution in [2.75, 3.05) is 11.9 Å². The van der Waals surface area contributed by atoms with Gasteiger partial charge in [-0.1, -0.05) is 18.2 Å². The smallest absolute Gasteiger partial charge is 0.255 e. The molecule has 2 N–H and O–H groups in total. The topological polar surface area (TPSA) is 66.9 Å². The molecule has 0 fully saturated rings. The van der Waals surface area contributed by atoms with Crippen LogP contribution < -0.4 is 10.6 Å². The van der Waals surface area contributed by atoms with Crippen LogP contribution in [0.4, 0.5) is 19.0 Å². The Morgan fingerprint density at radius 1 is 0.882 bits per heavy atom. The summed E-state index contributed by atoms with van der Waals surface area (Å²) in [5, 5.41) is 5.95. The summed E-state index contributed by atoms with van der Waals surface area (Å²) in [4.78, 5) is 21.4. The van der Waals surface area contributed by atoms with Crippen LogP contribution in [0.2, 0.25) is 0 Å². The molecule has 34 heavy (non-hydrogen) atoms. The zero-order valence-electron chi connectivity index (χ0n) is 18.1. The third kappa shape index (κ3) is 5.78. The van der Waals surface area contributed by atoms with Crippen molar-refractivity contribution >= 4 is 11.7 Å². The first-order chi connectivity index (χ1) is 16.5. The normalized spacial score (nSPS) is 10.7. The van der Waals surface area contributed by atoms with Crippen molar-refractivity contribution in [2.24, 2.45) is 0 Å². The average Bonchev–Trinajstić information content (AvgIpc) is 2.85. The van der Waals surface area contributed by atoms with Gasteiger partial charge in [0.1, 0.15) is 11.6 Å². The molecule has 172 valence electrons. The summed E-state index contributed by atoms with van der Waals surface area (Å²) in [5.74, 6) is -2.35. The summed E-state index contributed by atoms with van der Waals surface area (Å²) in [7, 11) is 0. The van der Waals surface area contributed by atoms with Gasteiger partial charge in [0, 0.05) is 31.0 Å². The number of halogens is 3. The quantitative estimate of drug-likeness (QED) is 0.380. The molecule has 1 amide bonds. The van der Waals surface area contributed by atoms with Crippen LogP contribution >= 0.6 is 0 Å². The molecule has 5 nitrogen and oxygen atoms in total. The summed E-state index contributed by atoms with van der Waals surface area (Å²) in [5.41, 5.74) is 2.65. The van der Waals surface area contributed by atoms with Crippen molar-refractivity contribution in [1.29, 1.82) is 0 Å². The molecule has 0 radical (unpaired) electrons. The maximum Gasteiger partial charge on any atom is 0.255 e. The van der Waals surface area contributed by atoms with Gasteiger partial charge in [0.05, 0.1) is 11.3 Å². The third-order valence-electron chi connectivity index (χ3n) is 5.13. The second-order valence-electron chi connectivity index (χ2n) is 7.57. The molecule has 0 spiro atoms. The molecule has 0 aliphatic rings. The number of benzene rings is 2. The first-order valence-electron chi connectivity index (χ1n) is 10.6. The summed E-state index contributed by atoms with van der Waals surface area (Å²) in [6.07, 6.45) is 3.79. The zero-order chi connectivity index (χ0) is 23.9. The largest absolute Gasteiger partial charge is 0.369 e. The van der Waals surface area contributed by atoms with Crippen molar-refractivity contribution in [1.82, 2.24) is 15.3 Å². The molecule has 0 atom stereocenters.